The van der Waals surface area contributed by atoms with Crippen LogP contribution in [-0.4, -0.2) is 19.5 Å². The summed E-state index contributed by atoms with van der Waals surface area (Å²) < 4.78 is 9.25. The molecule has 0 fully saturated rings. The number of hydrogen-bond donors (Lipinski definition) is 0. The first kappa shape index (κ1) is 33.5. The van der Waals surface area contributed by atoms with Gasteiger partial charge in [0.05, 0.1) is 16.4 Å². The summed E-state index contributed by atoms with van der Waals surface area (Å²) >= 11 is 0. The van der Waals surface area contributed by atoms with Gasteiger partial charge in [0.1, 0.15) is 11.2 Å². The third kappa shape index (κ3) is 5.14. The molecule has 5 nitrogen and oxygen atoms in total. The molecule has 1 aliphatic rings. The molecule has 0 spiro atoms. The highest BCUT2D eigenvalue weighted by atomic mass is 16.3. The molecule has 3 heterocycles. The maximum Gasteiger partial charge on any atom is 0.164 e. The van der Waals surface area contributed by atoms with Gasteiger partial charge in [0, 0.05) is 44.0 Å². The number of fused-ring (bicyclic) bond motifs is 10. The van der Waals surface area contributed by atoms with Gasteiger partial charge in [-0.05, 0) is 75.8 Å². The van der Waals surface area contributed by atoms with Crippen molar-refractivity contribution in [3.8, 4) is 62.1 Å². The fraction of sp³-hybridized carbons (Fsp3) is 0.0556. The Morgan fingerprint density at radius 2 is 0.983 bits per heavy atom. The van der Waals surface area contributed by atoms with Crippen molar-refractivity contribution < 1.29 is 4.42 Å². The van der Waals surface area contributed by atoms with E-state index in [0.717, 1.165) is 71.9 Å². The van der Waals surface area contributed by atoms with E-state index in [1.807, 2.05) is 60.7 Å². The van der Waals surface area contributed by atoms with Crippen LogP contribution < -0.4 is 0 Å². The summed E-state index contributed by atoms with van der Waals surface area (Å²) in [6, 6.07) is 64.1. The molecule has 0 bridgehead atoms. The zero-order valence-corrected chi connectivity index (χ0v) is 32.5. The maximum atomic E-state index is 6.89. The molecule has 0 unspecified atom stereocenters. The molecule has 0 amide bonds. The van der Waals surface area contributed by atoms with Gasteiger partial charge in [-0.15, -0.1) is 0 Å². The Balaban J connectivity index is 0.921. The van der Waals surface area contributed by atoms with Gasteiger partial charge in [0.25, 0.3) is 0 Å². The SMILES string of the molecule is CC1(C)c2ccccc2-c2cc3c(cc21)oc1c3ccc2c1c1ccccc1n2-c1ccc(-c2ccc(-c3nc(-c4ccccc4)nc(-c4ccccc4)n3)cc2)cc1. The average molecular weight is 757 g/mol. The molecule has 0 saturated heterocycles. The largest absolute Gasteiger partial charge is 0.455 e. The smallest absolute Gasteiger partial charge is 0.164 e. The molecule has 0 saturated carbocycles. The first-order valence-corrected chi connectivity index (χ1v) is 20.1. The van der Waals surface area contributed by atoms with Crippen LogP contribution in [-0.2, 0) is 5.41 Å². The van der Waals surface area contributed by atoms with E-state index in [0.29, 0.717) is 17.5 Å². The standard InChI is InChI=1S/C54H36N4O/c1-54(2)44-19-11-9-17-39(44)42-31-43-40-29-30-47-49(50(40)59-48(43)32-45(42)54)41-18-10-12-20-46(41)58(47)38-27-25-34(26-28-38)33-21-23-37(24-22-33)53-56-51(35-13-5-3-6-14-35)55-52(57-53)36-15-7-4-8-16-36/h3-32H,1-2H3. The first-order chi connectivity index (χ1) is 29.0. The summed E-state index contributed by atoms with van der Waals surface area (Å²) in [5, 5.41) is 4.61. The molecule has 59 heavy (non-hydrogen) atoms. The van der Waals surface area contributed by atoms with Crippen LogP contribution in [0.5, 0.6) is 0 Å². The third-order valence-corrected chi connectivity index (χ3v) is 12.3. The number of hydrogen-bond acceptors (Lipinski definition) is 4. The number of furan rings is 1. The van der Waals surface area contributed by atoms with E-state index in [1.165, 1.54) is 27.6 Å². The van der Waals surface area contributed by atoms with Gasteiger partial charge in [0.15, 0.2) is 17.5 Å². The van der Waals surface area contributed by atoms with Crippen LogP contribution >= 0.6 is 0 Å². The summed E-state index contributed by atoms with van der Waals surface area (Å²) in [6.45, 7) is 4.64. The molecule has 5 heteroatoms. The molecular weight excluding hydrogens is 721 g/mol. The van der Waals surface area contributed by atoms with Gasteiger partial charge in [-0.3, -0.25) is 0 Å². The number of rotatable bonds is 5. The second-order valence-electron chi connectivity index (χ2n) is 16.0. The maximum absolute atomic E-state index is 6.89. The first-order valence-electron chi connectivity index (χ1n) is 20.1. The van der Waals surface area contributed by atoms with Gasteiger partial charge in [-0.2, -0.15) is 0 Å². The Labute approximate surface area is 340 Å². The highest BCUT2D eigenvalue weighted by molar-refractivity contribution is 6.24. The molecule has 0 atom stereocenters. The Morgan fingerprint density at radius 3 is 1.66 bits per heavy atom. The summed E-state index contributed by atoms with van der Waals surface area (Å²) in [5.41, 5.74) is 15.5. The molecule has 1 aliphatic carbocycles. The lowest BCUT2D eigenvalue weighted by Gasteiger charge is -2.21. The Hall–Kier alpha value is -7.63. The van der Waals surface area contributed by atoms with Gasteiger partial charge in [-0.25, -0.2) is 15.0 Å². The second-order valence-corrected chi connectivity index (χ2v) is 16.0. The van der Waals surface area contributed by atoms with Crippen LogP contribution in [0.4, 0.5) is 0 Å². The lowest BCUT2D eigenvalue weighted by molar-refractivity contribution is 0.649. The summed E-state index contributed by atoms with van der Waals surface area (Å²) in [7, 11) is 0. The Kier molecular flexibility index (Phi) is 7.20. The van der Waals surface area contributed by atoms with Crippen molar-refractivity contribution in [1.29, 1.82) is 0 Å². The molecule has 0 radical (unpaired) electrons. The molecule has 0 N–H and O–H groups in total. The number of para-hydroxylation sites is 1. The number of benzene rings is 8. The Bertz CT molecular complexity index is 3380. The predicted molar refractivity (Wildman–Crippen MR) is 241 cm³/mol. The van der Waals surface area contributed by atoms with Gasteiger partial charge < -0.3 is 8.98 Å². The van der Waals surface area contributed by atoms with E-state index in [-0.39, 0.29) is 5.41 Å². The molecule has 278 valence electrons. The van der Waals surface area contributed by atoms with Gasteiger partial charge in [-0.1, -0.05) is 153 Å². The van der Waals surface area contributed by atoms with Crippen molar-refractivity contribution >= 4 is 43.7 Å². The van der Waals surface area contributed by atoms with Gasteiger partial charge in [0.2, 0.25) is 0 Å². The molecule has 8 aromatic carbocycles. The molecule has 11 aromatic rings. The molecule has 0 aliphatic heterocycles. The van der Waals surface area contributed by atoms with E-state index in [2.05, 4.69) is 140 Å². The lowest BCUT2D eigenvalue weighted by Crippen LogP contribution is -2.14. The molecule has 12 rings (SSSR count). The fourth-order valence-corrected chi connectivity index (χ4v) is 9.31. The minimum Gasteiger partial charge on any atom is -0.455 e. The topological polar surface area (TPSA) is 56.7 Å². The van der Waals surface area contributed by atoms with Crippen LogP contribution in [0.3, 0.4) is 0 Å². The highest BCUT2D eigenvalue weighted by Crippen LogP contribution is 2.51. The average Bonchev–Trinajstić information content (AvgIpc) is 3.91. The zero-order valence-electron chi connectivity index (χ0n) is 32.5. The van der Waals surface area contributed by atoms with Crippen LogP contribution in [0, 0.1) is 0 Å². The lowest BCUT2D eigenvalue weighted by atomic mass is 9.82. The normalized spacial score (nSPS) is 13.1. The molecule has 3 aromatic heterocycles. The van der Waals surface area contributed by atoms with Crippen LogP contribution in [0.2, 0.25) is 0 Å². The Morgan fingerprint density at radius 1 is 0.424 bits per heavy atom. The van der Waals surface area contributed by atoms with E-state index < -0.39 is 0 Å². The van der Waals surface area contributed by atoms with Crippen molar-refractivity contribution in [1.82, 2.24) is 19.5 Å². The molecular formula is C54H36N4O. The van der Waals surface area contributed by atoms with Crippen LogP contribution in [0.25, 0.3) is 106 Å². The quantitative estimate of drug-likeness (QED) is 0.175. The number of nitrogens with zero attached hydrogens (tertiary/aromatic N) is 4. The van der Waals surface area contributed by atoms with Crippen LogP contribution in [0.15, 0.2) is 186 Å². The van der Waals surface area contributed by atoms with Crippen molar-refractivity contribution in [2.75, 3.05) is 0 Å². The second kappa shape index (κ2) is 12.7. The van der Waals surface area contributed by atoms with E-state index >= 15 is 0 Å². The van der Waals surface area contributed by atoms with Crippen molar-refractivity contribution in [2.24, 2.45) is 0 Å². The highest BCUT2D eigenvalue weighted by Gasteiger charge is 2.36. The predicted octanol–water partition coefficient (Wildman–Crippen LogP) is 13.8. The minimum atomic E-state index is -0.0914. The third-order valence-electron chi connectivity index (χ3n) is 12.3. The van der Waals surface area contributed by atoms with Crippen molar-refractivity contribution in [3.63, 3.8) is 0 Å². The fourth-order valence-electron chi connectivity index (χ4n) is 9.31. The zero-order chi connectivity index (χ0) is 39.2. The minimum absolute atomic E-state index is 0.0914. The van der Waals surface area contributed by atoms with Gasteiger partial charge >= 0.3 is 0 Å². The van der Waals surface area contributed by atoms with E-state index in [9.17, 15) is 0 Å². The van der Waals surface area contributed by atoms with Crippen molar-refractivity contribution in [3.05, 3.63) is 193 Å². The van der Waals surface area contributed by atoms with E-state index in [4.69, 9.17) is 19.4 Å². The monoisotopic (exact) mass is 756 g/mol. The number of aromatic nitrogens is 4. The van der Waals surface area contributed by atoms with Crippen molar-refractivity contribution in [2.45, 2.75) is 19.3 Å². The summed E-state index contributed by atoms with van der Waals surface area (Å²) in [5.74, 6) is 1.94. The summed E-state index contributed by atoms with van der Waals surface area (Å²) in [4.78, 5) is 14.7. The van der Waals surface area contributed by atoms with Crippen LogP contribution in [0.1, 0.15) is 25.0 Å². The van der Waals surface area contributed by atoms with E-state index in [1.54, 1.807) is 0 Å². The summed E-state index contributed by atoms with van der Waals surface area (Å²) in [6.07, 6.45) is 0.